The molecule has 0 saturated heterocycles. The molecule has 0 aliphatic carbocycles. The minimum absolute atomic E-state index is 0.431. The topological polar surface area (TPSA) is 50.4 Å². The van der Waals surface area contributed by atoms with Crippen LogP contribution in [-0.2, 0) is 6.61 Å². The molecule has 0 saturated carbocycles. The van der Waals surface area contributed by atoms with Crippen molar-refractivity contribution in [1.29, 1.82) is 0 Å². The van der Waals surface area contributed by atoms with Crippen LogP contribution in [0.3, 0.4) is 0 Å². The largest absolute Gasteiger partial charge is 0.489 e. The smallest absolute Gasteiger partial charge is 0.323 e. The fourth-order valence-electron chi connectivity index (χ4n) is 2.27. The number of amides is 2. The number of benzene rings is 3. The van der Waals surface area contributed by atoms with Crippen molar-refractivity contribution in [2.24, 2.45) is 0 Å². The molecule has 0 aromatic heterocycles. The number of nitrogens with one attached hydrogen (secondary N) is 2. The van der Waals surface area contributed by atoms with Gasteiger partial charge in [0, 0.05) is 5.69 Å². The number of urea groups is 1. The van der Waals surface area contributed by atoms with Crippen molar-refractivity contribution in [3.8, 4) is 5.75 Å². The lowest BCUT2D eigenvalue weighted by Crippen LogP contribution is -2.20. The highest BCUT2D eigenvalue weighted by molar-refractivity contribution is 5.99. The molecule has 0 atom stereocenters. The Bertz CT molecular complexity index is 864. The third-order valence-corrected chi connectivity index (χ3v) is 3.56. The molecule has 0 heterocycles. The van der Waals surface area contributed by atoms with Crippen molar-refractivity contribution in [1.82, 2.24) is 0 Å². The molecular formula is C20H16F2N2O2. The van der Waals surface area contributed by atoms with Gasteiger partial charge in [0.15, 0.2) is 0 Å². The second kappa shape index (κ2) is 8.11. The lowest BCUT2D eigenvalue weighted by Gasteiger charge is -2.10. The number of ether oxygens (including phenoxy) is 1. The Labute approximate surface area is 149 Å². The highest BCUT2D eigenvalue weighted by atomic mass is 19.1. The second-order valence-electron chi connectivity index (χ2n) is 5.47. The van der Waals surface area contributed by atoms with Gasteiger partial charge >= 0.3 is 6.03 Å². The van der Waals surface area contributed by atoms with Gasteiger partial charge in [-0.05, 0) is 42.0 Å². The third-order valence-electron chi connectivity index (χ3n) is 3.56. The molecule has 6 heteroatoms. The lowest BCUT2D eigenvalue weighted by atomic mass is 10.2. The average Bonchev–Trinajstić information content (AvgIpc) is 2.65. The number of para-hydroxylation sites is 1. The summed E-state index contributed by atoms with van der Waals surface area (Å²) in [4.78, 5) is 11.9. The van der Waals surface area contributed by atoms with Gasteiger partial charge in [-0.3, -0.25) is 0 Å². The number of anilines is 2. The van der Waals surface area contributed by atoms with E-state index in [-0.39, 0.29) is 0 Å². The van der Waals surface area contributed by atoms with Crippen LogP contribution in [0.25, 0.3) is 0 Å². The van der Waals surface area contributed by atoms with E-state index in [9.17, 15) is 13.6 Å². The van der Waals surface area contributed by atoms with Crippen molar-refractivity contribution in [2.75, 3.05) is 10.6 Å². The molecule has 0 bridgehead atoms. The first-order valence-corrected chi connectivity index (χ1v) is 7.90. The summed E-state index contributed by atoms with van der Waals surface area (Å²) in [6, 6.07) is 19.0. The fourth-order valence-corrected chi connectivity index (χ4v) is 2.27. The molecule has 0 aliphatic heterocycles. The van der Waals surface area contributed by atoms with E-state index in [1.807, 2.05) is 30.3 Å². The molecule has 4 nitrogen and oxygen atoms in total. The number of hydrogen-bond donors (Lipinski definition) is 2. The highest BCUT2D eigenvalue weighted by Crippen LogP contribution is 2.20. The zero-order valence-corrected chi connectivity index (χ0v) is 13.7. The summed E-state index contributed by atoms with van der Waals surface area (Å²) < 4.78 is 32.7. The fraction of sp³-hybridized carbons (Fsp3) is 0.0500. The maximum Gasteiger partial charge on any atom is 0.323 e. The number of carbonyl (C=O) groups excluding carboxylic acids is 1. The molecule has 132 valence electrons. The van der Waals surface area contributed by atoms with Crippen molar-refractivity contribution in [3.63, 3.8) is 0 Å². The van der Waals surface area contributed by atoms with Crippen LogP contribution in [0.2, 0.25) is 0 Å². The summed E-state index contributed by atoms with van der Waals surface area (Å²) in [5.74, 6) is -1.05. The van der Waals surface area contributed by atoms with Crippen molar-refractivity contribution >= 4 is 17.4 Å². The molecule has 0 aliphatic rings. The first kappa shape index (κ1) is 17.4. The van der Waals surface area contributed by atoms with Gasteiger partial charge in [-0.15, -0.1) is 0 Å². The number of halogens is 2. The maximum absolute atomic E-state index is 13.5. The molecule has 3 aromatic rings. The quantitative estimate of drug-likeness (QED) is 0.663. The Hall–Kier alpha value is -3.41. The Balaban J connectivity index is 1.56. The van der Waals surface area contributed by atoms with E-state index in [0.717, 1.165) is 17.7 Å². The van der Waals surface area contributed by atoms with Crippen LogP contribution in [0.15, 0.2) is 72.8 Å². The molecular weight excluding hydrogens is 338 g/mol. The standard InChI is InChI=1S/C20H16F2N2O2/c21-17-7-4-8-18(22)19(17)24-20(25)23-15-9-11-16(12-10-15)26-13-14-5-2-1-3-6-14/h1-12H,13H2,(H2,23,24,25). The van der Waals surface area contributed by atoms with Crippen LogP contribution in [0.5, 0.6) is 5.75 Å². The van der Waals surface area contributed by atoms with Crippen LogP contribution in [0.4, 0.5) is 25.0 Å². The van der Waals surface area contributed by atoms with Gasteiger partial charge in [0.05, 0.1) is 0 Å². The molecule has 3 rings (SSSR count). The van der Waals surface area contributed by atoms with Crippen LogP contribution in [0.1, 0.15) is 5.56 Å². The lowest BCUT2D eigenvalue weighted by molar-refractivity contribution is 0.262. The summed E-state index contributed by atoms with van der Waals surface area (Å²) in [6.07, 6.45) is 0. The monoisotopic (exact) mass is 354 g/mol. The molecule has 2 N–H and O–H groups in total. The Kier molecular flexibility index (Phi) is 5.43. The van der Waals surface area contributed by atoms with E-state index < -0.39 is 23.4 Å². The van der Waals surface area contributed by atoms with E-state index in [1.54, 1.807) is 24.3 Å². The minimum atomic E-state index is -0.843. The van der Waals surface area contributed by atoms with Crippen molar-refractivity contribution < 1.29 is 18.3 Å². The molecule has 0 unspecified atom stereocenters. The van der Waals surface area contributed by atoms with Gasteiger partial charge in [-0.2, -0.15) is 0 Å². The number of hydrogen-bond acceptors (Lipinski definition) is 2. The summed E-state index contributed by atoms with van der Waals surface area (Å²) in [7, 11) is 0. The van der Waals surface area contributed by atoms with Gasteiger partial charge in [0.1, 0.15) is 29.7 Å². The van der Waals surface area contributed by atoms with E-state index in [4.69, 9.17) is 4.74 Å². The summed E-state index contributed by atoms with van der Waals surface area (Å²) >= 11 is 0. The van der Waals surface area contributed by atoms with Gasteiger partial charge in [0.25, 0.3) is 0 Å². The number of carbonyl (C=O) groups is 1. The molecule has 3 aromatic carbocycles. The van der Waals surface area contributed by atoms with E-state index in [1.165, 1.54) is 6.07 Å². The zero-order valence-electron chi connectivity index (χ0n) is 13.7. The van der Waals surface area contributed by atoms with Crippen molar-refractivity contribution in [2.45, 2.75) is 6.61 Å². The van der Waals surface area contributed by atoms with Gasteiger partial charge in [-0.25, -0.2) is 13.6 Å². The summed E-state index contributed by atoms with van der Waals surface area (Å²) in [5.41, 5.74) is 1.01. The molecule has 0 spiro atoms. The molecule has 0 radical (unpaired) electrons. The van der Waals surface area contributed by atoms with Crippen LogP contribution in [0, 0.1) is 11.6 Å². The molecule has 26 heavy (non-hydrogen) atoms. The predicted octanol–water partition coefficient (Wildman–Crippen LogP) is 5.19. The molecule has 2 amide bonds. The Morgan fingerprint density at radius 2 is 1.46 bits per heavy atom. The minimum Gasteiger partial charge on any atom is -0.489 e. The second-order valence-corrected chi connectivity index (χ2v) is 5.47. The summed E-state index contributed by atoms with van der Waals surface area (Å²) in [6.45, 7) is 0.431. The van der Waals surface area contributed by atoms with Gasteiger partial charge in [-0.1, -0.05) is 36.4 Å². The van der Waals surface area contributed by atoms with Crippen LogP contribution < -0.4 is 15.4 Å². The highest BCUT2D eigenvalue weighted by Gasteiger charge is 2.11. The third kappa shape index (κ3) is 4.57. The van der Waals surface area contributed by atoms with Gasteiger partial charge < -0.3 is 15.4 Å². The van der Waals surface area contributed by atoms with E-state index in [2.05, 4.69) is 10.6 Å². The number of rotatable bonds is 5. The van der Waals surface area contributed by atoms with E-state index in [0.29, 0.717) is 18.0 Å². The summed E-state index contributed by atoms with van der Waals surface area (Å²) in [5, 5.41) is 4.66. The van der Waals surface area contributed by atoms with Crippen molar-refractivity contribution in [3.05, 3.63) is 90.0 Å². The average molecular weight is 354 g/mol. The van der Waals surface area contributed by atoms with Crippen LogP contribution >= 0.6 is 0 Å². The van der Waals surface area contributed by atoms with Crippen LogP contribution in [-0.4, -0.2) is 6.03 Å². The Morgan fingerprint density at radius 3 is 2.12 bits per heavy atom. The van der Waals surface area contributed by atoms with E-state index >= 15 is 0 Å². The Morgan fingerprint density at radius 1 is 0.808 bits per heavy atom. The predicted molar refractivity (Wildman–Crippen MR) is 96.2 cm³/mol. The first-order chi connectivity index (χ1) is 12.6. The van der Waals surface area contributed by atoms with Gasteiger partial charge in [0.2, 0.25) is 0 Å². The first-order valence-electron chi connectivity index (χ1n) is 7.90. The normalized spacial score (nSPS) is 10.2. The SMILES string of the molecule is O=C(Nc1ccc(OCc2ccccc2)cc1)Nc1c(F)cccc1F. The zero-order chi connectivity index (χ0) is 18.4. The maximum atomic E-state index is 13.5. The molecule has 0 fully saturated rings.